The van der Waals surface area contributed by atoms with Gasteiger partial charge in [-0.05, 0) is 12.1 Å². The molecule has 6 heteroatoms. The van der Waals surface area contributed by atoms with Crippen LogP contribution in [0.3, 0.4) is 0 Å². The maximum Gasteiger partial charge on any atom is 0.305 e. The van der Waals surface area contributed by atoms with Gasteiger partial charge in [0.2, 0.25) is 5.82 Å². The molecule has 17 heavy (non-hydrogen) atoms. The molecule has 0 unspecified atom stereocenters. The second-order valence-corrected chi connectivity index (χ2v) is 3.24. The molecule has 5 nitrogen and oxygen atoms in total. The largest absolute Gasteiger partial charge is 0.496 e. The second kappa shape index (κ2) is 4.25. The topological polar surface area (TPSA) is 65.5 Å². The molecule has 0 saturated heterocycles. The number of nitro groups is 1. The van der Waals surface area contributed by atoms with Gasteiger partial charge in [0.1, 0.15) is 11.5 Å². The van der Waals surface area contributed by atoms with Crippen LogP contribution in [0.2, 0.25) is 0 Å². The number of ether oxygens (including phenoxy) is 1. The van der Waals surface area contributed by atoms with E-state index in [0.29, 0.717) is 11.3 Å². The van der Waals surface area contributed by atoms with E-state index in [2.05, 4.69) is 0 Å². The van der Waals surface area contributed by atoms with E-state index in [1.165, 1.54) is 13.4 Å². The number of furan rings is 1. The highest BCUT2D eigenvalue weighted by molar-refractivity contribution is 5.69. The number of benzene rings is 1. The van der Waals surface area contributed by atoms with Crippen molar-refractivity contribution in [3.63, 3.8) is 0 Å². The molecule has 0 spiro atoms. The first-order valence-corrected chi connectivity index (χ1v) is 4.69. The first-order chi connectivity index (χ1) is 8.13. The summed E-state index contributed by atoms with van der Waals surface area (Å²) in [4.78, 5) is 9.85. The van der Waals surface area contributed by atoms with Gasteiger partial charge in [-0.2, -0.15) is 4.39 Å². The van der Waals surface area contributed by atoms with Gasteiger partial charge in [0, 0.05) is 12.1 Å². The zero-order chi connectivity index (χ0) is 12.4. The highest BCUT2D eigenvalue weighted by Crippen LogP contribution is 2.35. The van der Waals surface area contributed by atoms with Crippen molar-refractivity contribution in [2.24, 2.45) is 0 Å². The van der Waals surface area contributed by atoms with Crippen molar-refractivity contribution in [1.82, 2.24) is 0 Å². The van der Waals surface area contributed by atoms with Crippen molar-refractivity contribution in [3.05, 3.63) is 46.5 Å². The fourth-order valence-electron chi connectivity index (χ4n) is 1.48. The summed E-state index contributed by atoms with van der Waals surface area (Å²) in [6.07, 6.45) is 1.42. The normalized spacial score (nSPS) is 10.2. The summed E-state index contributed by atoms with van der Waals surface area (Å²) < 4.78 is 23.4. The molecule has 0 bridgehead atoms. The summed E-state index contributed by atoms with van der Waals surface area (Å²) in [5.74, 6) is -0.379. The summed E-state index contributed by atoms with van der Waals surface area (Å²) in [5.41, 5.74) is -0.275. The van der Waals surface area contributed by atoms with Crippen LogP contribution in [-0.2, 0) is 0 Å². The SMILES string of the molecule is COc1cc(F)c([N+](=O)[O-])cc1-c1ccco1. The molecule has 0 aliphatic carbocycles. The van der Waals surface area contributed by atoms with Crippen LogP contribution in [0.5, 0.6) is 5.75 Å². The van der Waals surface area contributed by atoms with Crippen molar-refractivity contribution in [2.45, 2.75) is 0 Å². The van der Waals surface area contributed by atoms with Gasteiger partial charge < -0.3 is 9.15 Å². The standard InChI is InChI=1S/C11H8FNO4/c1-16-11-6-8(12)9(13(14)15)5-7(11)10-3-2-4-17-10/h2-6H,1H3. The van der Waals surface area contributed by atoms with E-state index in [9.17, 15) is 14.5 Å². The summed E-state index contributed by atoms with van der Waals surface area (Å²) in [6.45, 7) is 0. The lowest BCUT2D eigenvalue weighted by Crippen LogP contribution is -1.96. The molecule has 1 heterocycles. The summed E-state index contributed by atoms with van der Waals surface area (Å²) in [6, 6.07) is 5.30. The van der Waals surface area contributed by atoms with E-state index < -0.39 is 16.4 Å². The molecule has 2 aromatic rings. The van der Waals surface area contributed by atoms with Crippen molar-refractivity contribution >= 4 is 5.69 Å². The quantitative estimate of drug-likeness (QED) is 0.608. The fraction of sp³-hybridized carbons (Fsp3) is 0.0909. The molecule has 88 valence electrons. The molecule has 2 rings (SSSR count). The zero-order valence-electron chi connectivity index (χ0n) is 8.84. The van der Waals surface area contributed by atoms with Crippen molar-refractivity contribution < 1.29 is 18.5 Å². The Morgan fingerprint density at radius 2 is 2.24 bits per heavy atom. The van der Waals surface area contributed by atoms with Crippen LogP contribution in [-0.4, -0.2) is 12.0 Å². The van der Waals surface area contributed by atoms with E-state index in [1.54, 1.807) is 12.1 Å². The van der Waals surface area contributed by atoms with Gasteiger partial charge in [-0.25, -0.2) is 0 Å². The van der Waals surface area contributed by atoms with Gasteiger partial charge in [0.25, 0.3) is 0 Å². The Morgan fingerprint density at radius 3 is 2.76 bits per heavy atom. The van der Waals surface area contributed by atoms with Crippen LogP contribution in [0, 0.1) is 15.9 Å². The van der Waals surface area contributed by atoms with Crippen LogP contribution in [0.4, 0.5) is 10.1 Å². The number of hydrogen-bond acceptors (Lipinski definition) is 4. The van der Waals surface area contributed by atoms with Crippen LogP contribution < -0.4 is 4.74 Å². The zero-order valence-corrected chi connectivity index (χ0v) is 8.84. The highest BCUT2D eigenvalue weighted by atomic mass is 19.1. The minimum atomic E-state index is -0.942. The van der Waals surface area contributed by atoms with E-state index in [-0.39, 0.29) is 5.75 Å². The number of nitro benzene ring substituents is 1. The maximum absolute atomic E-state index is 13.4. The molecule has 0 aliphatic heterocycles. The first-order valence-electron chi connectivity index (χ1n) is 4.69. The van der Waals surface area contributed by atoms with Crippen molar-refractivity contribution in [1.29, 1.82) is 0 Å². The van der Waals surface area contributed by atoms with Gasteiger partial charge >= 0.3 is 5.69 Å². The first kappa shape index (κ1) is 11.1. The lowest BCUT2D eigenvalue weighted by atomic mass is 10.1. The van der Waals surface area contributed by atoms with E-state index in [4.69, 9.17) is 9.15 Å². The predicted molar refractivity (Wildman–Crippen MR) is 57.3 cm³/mol. The summed E-state index contributed by atoms with van der Waals surface area (Å²) >= 11 is 0. The maximum atomic E-state index is 13.4. The van der Waals surface area contributed by atoms with Crippen LogP contribution >= 0.6 is 0 Å². The minimum absolute atomic E-state index is 0.183. The molecule has 0 radical (unpaired) electrons. The third kappa shape index (κ3) is 1.96. The number of methoxy groups -OCH3 is 1. The monoisotopic (exact) mass is 237 g/mol. The van der Waals surface area contributed by atoms with Gasteiger partial charge in [-0.3, -0.25) is 10.1 Å². The molecule has 0 saturated carbocycles. The van der Waals surface area contributed by atoms with Gasteiger partial charge in [0.15, 0.2) is 0 Å². The third-order valence-electron chi connectivity index (χ3n) is 2.25. The Bertz CT molecular complexity index is 551. The van der Waals surface area contributed by atoms with E-state index in [0.717, 1.165) is 12.1 Å². The third-order valence-corrected chi connectivity index (χ3v) is 2.25. The second-order valence-electron chi connectivity index (χ2n) is 3.24. The van der Waals surface area contributed by atoms with Crippen LogP contribution in [0.25, 0.3) is 11.3 Å². The Kier molecular flexibility index (Phi) is 2.78. The van der Waals surface area contributed by atoms with Crippen molar-refractivity contribution in [3.8, 4) is 17.1 Å². The highest BCUT2D eigenvalue weighted by Gasteiger charge is 2.20. The molecular weight excluding hydrogens is 229 g/mol. The Morgan fingerprint density at radius 1 is 1.47 bits per heavy atom. The Labute approximate surface area is 95.6 Å². The number of hydrogen-bond donors (Lipinski definition) is 0. The molecule has 0 atom stereocenters. The molecule has 0 amide bonds. The number of halogens is 1. The molecule has 1 aromatic heterocycles. The van der Waals surface area contributed by atoms with Crippen LogP contribution in [0.15, 0.2) is 34.9 Å². The Hall–Kier alpha value is -2.37. The Balaban J connectivity index is 2.64. The van der Waals surface area contributed by atoms with Crippen molar-refractivity contribution in [2.75, 3.05) is 7.11 Å². The van der Waals surface area contributed by atoms with E-state index >= 15 is 0 Å². The molecular formula is C11H8FNO4. The van der Waals surface area contributed by atoms with E-state index in [1.807, 2.05) is 0 Å². The average Bonchev–Trinajstić information content (AvgIpc) is 2.81. The summed E-state index contributed by atoms with van der Waals surface area (Å²) in [7, 11) is 1.35. The van der Waals surface area contributed by atoms with Gasteiger partial charge in [-0.15, -0.1) is 0 Å². The minimum Gasteiger partial charge on any atom is -0.496 e. The smallest absolute Gasteiger partial charge is 0.305 e. The van der Waals surface area contributed by atoms with Gasteiger partial charge in [-0.1, -0.05) is 0 Å². The number of nitrogens with zero attached hydrogens (tertiary/aromatic N) is 1. The molecule has 0 aliphatic rings. The van der Waals surface area contributed by atoms with Gasteiger partial charge in [0.05, 0.1) is 23.9 Å². The molecule has 0 fully saturated rings. The average molecular weight is 237 g/mol. The predicted octanol–water partition coefficient (Wildman–Crippen LogP) is 3.00. The number of rotatable bonds is 3. The lowest BCUT2D eigenvalue weighted by molar-refractivity contribution is -0.387. The van der Waals surface area contributed by atoms with Crippen LogP contribution in [0.1, 0.15) is 0 Å². The lowest BCUT2D eigenvalue weighted by Gasteiger charge is -2.06. The fourth-order valence-corrected chi connectivity index (χ4v) is 1.48. The summed E-state index contributed by atoms with van der Waals surface area (Å²) in [5, 5.41) is 10.6. The molecule has 0 N–H and O–H groups in total. The molecule has 1 aromatic carbocycles.